The second kappa shape index (κ2) is 9.41. The van der Waals surface area contributed by atoms with Gasteiger partial charge in [-0.2, -0.15) is 0 Å². The first-order valence-electron chi connectivity index (χ1n) is 10.6. The molecule has 156 valence electrons. The molecule has 2 aliphatic heterocycles. The van der Waals surface area contributed by atoms with Crippen LogP contribution in [0.25, 0.3) is 0 Å². The molecule has 0 aliphatic carbocycles. The van der Waals surface area contributed by atoms with Gasteiger partial charge in [0.15, 0.2) is 0 Å². The summed E-state index contributed by atoms with van der Waals surface area (Å²) in [5.74, 6) is 0.840. The number of hydrogen-bond donors (Lipinski definition) is 0. The fourth-order valence-electron chi connectivity index (χ4n) is 4.02. The summed E-state index contributed by atoms with van der Waals surface area (Å²) in [5.41, 5.74) is 1.95. The first kappa shape index (κ1) is 19.9. The first-order chi connectivity index (χ1) is 14.2. The highest BCUT2D eigenvalue weighted by Gasteiger charge is 2.23. The zero-order valence-corrected chi connectivity index (χ0v) is 17.1. The quantitative estimate of drug-likeness (QED) is 0.748. The van der Waals surface area contributed by atoms with Crippen LogP contribution in [-0.2, 0) is 17.8 Å². The highest BCUT2D eigenvalue weighted by Crippen LogP contribution is 2.22. The molecule has 0 spiro atoms. The van der Waals surface area contributed by atoms with E-state index in [-0.39, 0.29) is 12.0 Å². The lowest BCUT2D eigenvalue weighted by Crippen LogP contribution is -2.40. The highest BCUT2D eigenvalue weighted by atomic mass is 16.5. The number of carbonyl (C=O) groups excluding carboxylic acids is 1. The van der Waals surface area contributed by atoms with Crippen molar-refractivity contribution in [3.8, 4) is 5.75 Å². The van der Waals surface area contributed by atoms with Gasteiger partial charge in [0.05, 0.1) is 25.2 Å². The topological polar surface area (TPSA) is 59.8 Å². The third-order valence-electron chi connectivity index (χ3n) is 5.74. The Morgan fingerprint density at radius 3 is 2.76 bits per heavy atom. The van der Waals surface area contributed by atoms with E-state index < -0.39 is 0 Å². The van der Waals surface area contributed by atoms with E-state index in [1.54, 1.807) is 0 Å². The van der Waals surface area contributed by atoms with Crippen LogP contribution in [0, 0.1) is 0 Å². The summed E-state index contributed by atoms with van der Waals surface area (Å²) < 4.78 is 13.8. The van der Waals surface area contributed by atoms with Crippen LogP contribution in [0.2, 0.25) is 0 Å². The minimum atomic E-state index is 0.0566. The Kier molecular flexibility index (Phi) is 6.46. The van der Waals surface area contributed by atoms with Crippen LogP contribution >= 0.6 is 0 Å². The van der Waals surface area contributed by atoms with Gasteiger partial charge in [0, 0.05) is 51.0 Å². The minimum absolute atomic E-state index is 0.0566. The fraction of sp³-hybridized carbons (Fsp3) is 0.545. The Bertz CT molecular complexity index is 808. The van der Waals surface area contributed by atoms with Crippen LogP contribution in [0.1, 0.15) is 35.8 Å². The number of hydrogen-bond acceptors (Lipinski definition) is 5. The zero-order chi connectivity index (χ0) is 20.1. The van der Waals surface area contributed by atoms with Crippen molar-refractivity contribution in [2.45, 2.75) is 39.0 Å². The summed E-state index contributed by atoms with van der Waals surface area (Å²) >= 11 is 0. The summed E-state index contributed by atoms with van der Waals surface area (Å²) in [6, 6.07) is 7.60. The number of aryl methyl sites for hydroxylation is 1. The maximum Gasteiger partial charge on any atom is 0.254 e. The van der Waals surface area contributed by atoms with Crippen molar-refractivity contribution in [1.82, 2.24) is 19.4 Å². The fourth-order valence-corrected chi connectivity index (χ4v) is 4.02. The number of piperidine rings is 1. The largest absolute Gasteiger partial charge is 0.490 e. The standard InChI is InChI=1S/C22H30N4O3/c1-2-25-17-23-15-19(25)16-24-8-6-20(7-9-24)29-21-5-3-4-18(14-21)22(27)26-10-12-28-13-11-26/h3-5,14-15,17,20H,2,6-13,16H2,1H3. The van der Waals surface area contributed by atoms with Gasteiger partial charge in [0.25, 0.3) is 5.91 Å². The number of morpholine rings is 1. The molecular weight excluding hydrogens is 368 g/mol. The number of rotatable bonds is 6. The van der Waals surface area contributed by atoms with Crippen molar-refractivity contribution >= 4 is 5.91 Å². The van der Waals surface area contributed by atoms with Crippen LogP contribution < -0.4 is 4.74 Å². The Morgan fingerprint density at radius 1 is 1.21 bits per heavy atom. The summed E-state index contributed by atoms with van der Waals surface area (Å²) in [6.45, 7) is 8.57. The number of benzene rings is 1. The van der Waals surface area contributed by atoms with E-state index in [1.807, 2.05) is 41.7 Å². The van der Waals surface area contributed by atoms with E-state index >= 15 is 0 Å². The number of nitrogens with zero attached hydrogens (tertiary/aromatic N) is 4. The second-order valence-corrected chi connectivity index (χ2v) is 7.70. The van der Waals surface area contributed by atoms with E-state index in [9.17, 15) is 4.79 Å². The maximum absolute atomic E-state index is 12.7. The van der Waals surface area contributed by atoms with E-state index in [2.05, 4.69) is 21.4 Å². The van der Waals surface area contributed by atoms with Crippen molar-refractivity contribution in [2.24, 2.45) is 0 Å². The molecular formula is C22H30N4O3. The molecule has 1 aromatic heterocycles. The molecule has 2 fully saturated rings. The van der Waals surface area contributed by atoms with Gasteiger partial charge < -0.3 is 18.9 Å². The molecule has 0 N–H and O–H groups in total. The lowest BCUT2D eigenvalue weighted by atomic mass is 10.1. The maximum atomic E-state index is 12.7. The lowest BCUT2D eigenvalue weighted by Gasteiger charge is -2.32. The van der Waals surface area contributed by atoms with Gasteiger partial charge in [-0.25, -0.2) is 4.98 Å². The highest BCUT2D eigenvalue weighted by molar-refractivity contribution is 5.94. The number of imidazole rings is 1. The van der Waals surface area contributed by atoms with Crippen molar-refractivity contribution in [2.75, 3.05) is 39.4 Å². The van der Waals surface area contributed by atoms with Crippen LogP contribution in [0.3, 0.4) is 0 Å². The van der Waals surface area contributed by atoms with Crippen molar-refractivity contribution in [3.05, 3.63) is 48.0 Å². The summed E-state index contributed by atoms with van der Waals surface area (Å²) in [6.07, 6.45) is 6.03. The number of carbonyl (C=O) groups is 1. The Balaban J connectivity index is 1.29. The molecule has 1 amide bonds. The second-order valence-electron chi connectivity index (χ2n) is 7.70. The molecule has 29 heavy (non-hydrogen) atoms. The molecule has 2 saturated heterocycles. The predicted octanol–water partition coefficient (Wildman–Crippen LogP) is 2.42. The molecule has 7 nitrogen and oxygen atoms in total. The van der Waals surface area contributed by atoms with Crippen molar-refractivity contribution < 1.29 is 14.3 Å². The minimum Gasteiger partial charge on any atom is -0.490 e. The monoisotopic (exact) mass is 398 g/mol. The van der Waals surface area contributed by atoms with Gasteiger partial charge in [0.1, 0.15) is 11.9 Å². The predicted molar refractivity (Wildman–Crippen MR) is 110 cm³/mol. The number of ether oxygens (including phenoxy) is 2. The van der Waals surface area contributed by atoms with Gasteiger partial charge in [-0.1, -0.05) is 6.07 Å². The molecule has 0 unspecified atom stereocenters. The summed E-state index contributed by atoms with van der Waals surface area (Å²) in [5, 5.41) is 0. The van der Waals surface area contributed by atoms with Crippen molar-refractivity contribution in [1.29, 1.82) is 0 Å². The smallest absolute Gasteiger partial charge is 0.254 e. The van der Waals surface area contributed by atoms with E-state index in [0.29, 0.717) is 31.9 Å². The molecule has 2 aromatic rings. The third kappa shape index (κ3) is 4.97. The van der Waals surface area contributed by atoms with Crippen LogP contribution in [0.15, 0.2) is 36.8 Å². The molecule has 3 heterocycles. The molecule has 4 rings (SSSR count). The van der Waals surface area contributed by atoms with E-state index in [4.69, 9.17) is 9.47 Å². The van der Waals surface area contributed by atoms with Gasteiger partial charge >= 0.3 is 0 Å². The van der Waals surface area contributed by atoms with Crippen LogP contribution in [0.4, 0.5) is 0 Å². The number of likely N-dealkylation sites (tertiary alicyclic amines) is 1. The lowest BCUT2D eigenvalue weighted by molar-refractivity contribution is 0.0302. The van der Waals surface area contributed by atoms with Crippen LogP contribution in [-0.4, -0.2) is 70.8 Å². The SMILES string of the molecule is CCn1cncc1CN1CCC(Oc2cccc(C(=O)N3CCOCC3)c2)CC1. The van der Waals surface area contributed by atoms with E-state index in [1.165, 1.54) is 5.69 Å². The molecule has 1 aromatic carbocycles. The van der Waals surface area contributed by atoms with Gasteiger partial charge in [-0.3, -0.25) is 9.69 Å². The Hall–Kier alpha value is -2.38. The summed E-state index contributed by atoms with van der Waals surface area (Å²) in [4.78, 5) is 21.3. The van der Waals surface area contributed by atoms with Gasteiger partial charge in [-0.15, -0.1) is 0 Å². The normalized spacial score (nSPS) is 18.7. The molecule has 0 bridgehead atoms. The molecule has 2 aliphatic rings. The number of aromatic nitrogens is 2. The molecule has 0 radical (unpaired) electrons. The number of amides is 1. The average Bonchev–Trinajstić information content (AvgIpc) is 3.22. The Morgan fingerprint density at radius 2 is 2.00 bits per heavy atom. The zero-order valence-electron chi connectivity index (χ0n) is 17.1. The van der Waals surface area contributed by atoms with Gasteiger partial charge in [0.2, 0.25) is 0 Å². The average molecular weight is 399 g/mol. The summed E-state index contributed by atoms with van der Waals surface area (Å²) in [7, 11) is 0. The van der Waals surface area contributed by atoms with E-state index in [0.717, 1.165) is 44.8 Å². The molecule has 7 heteroatoms. The third-order valence-corrected chi connectivity index (χ3v) is 5.74. The molecule has 0 saturated carbocycles. The van der Waals surface area contributed by atoms with Gasteiger partial charge in [-0.05, 0) is 38.0 Å². The molecule has 0 atom stereocenters. The first-order valence-corrected chi connectivity index (χ1v) is 10.6. The Labute approximate surface area is 172 Å². The van der Waals surface area contributed by atoms with Crippen LogP contribution in [0.5, 0.6) is 5.75 Å². The van der Waals surface area contributed by atoms with Crippen molar-refractivity contribution in [3.63, 3.8) is 0 Å².